The number of hydrogen-bond donors (Lipinski definition) is 3. The van der Waals surface area contributed by atoms with Crippen molar-refractivity contribution in [1.82, 2.24) is 0 Å². The van der Waals surface area contributed by atoms with Gasteiger partial charge in [-0.25, -0.2) is 0 Å². The second-order valence-electron chi connectivity index (χ2n) is 4.43. The zero-order valence-corrected chi connectivity index (χ0v) is 11.8. The summed E-state index contributed by atoms with van der Waals surface area (Å²) in [6.07, 6.45) is 0. The van der Waals surface area contributed by atoms with Gasteiger partial charge in [-0.15, -0.1) is 0 Å². The van der Waals surface area contributed by atoms with E-state index < -0.39 is 5.91 Å². The molecule has 1 amide bonds. The van der Waals surface area contributed by atoms with E-state index >= 15 is 0 Å². The predicted octanol–water partition coefficient (Wildman–Crippen LogP) is 2.47. The molecule has 5 heteroatoms. The number of para-hydroxylation sites is 1. The lowest BCUT2D eigenvalue weighted by Gasteiger charge is -2.14. The van der Waals surface area contributed by atoms with Crippen molar-refractivity contribution in [2.75, 3.05) is 5.32 Å². The molecule has 0 unspecified atom stereocenters. The van der Waals surface area contributed by atoms with Crippen LogP contribution in [0.5, 0.6) is 0 Å². The first-order valence-electron chi connectivity index (χ1n) is 6.05. The van der Waals surface area contributed by atoms with E-state index in [9.17, 15) is 4.79 Å². The molecule has 2 aromatic rings. The molecule has 102 valence electrons. The fourth-order valence-corrected chi connectivity index (χ4v) is 2.10. The standard InChI is InChI=1S/C15H15N3OS/c1-9-4-2-7-12(15(17)20)13(9)18-11-6-3-5-10(8-11)14(16)19/h2-8,18H,1H3,(H2,16,19)(H2,17,20). The maximum absolute atomic E-state index is 11.2. The van der Waals surface area contributed by atoms with Crippen molar-refractivity contribution in [1.29, 1.82) is 0 Å². The number of nitrogens with one attached hydrogen (secondary N) is 1. The van der Waals surface area contributed by atoms with Crippen LogP contribution in [0.2, 0.25) is 0 Å². The molecule has 0 aliphatic heterocycles. The summed E-state index contributed by atoms with van der Waals surface area (Å²) in [7, 11) is 0. The molecular weight excluding hydrogens is 270 g/mol. The highest BCUT2D eigenvalue weighted by atomic mass is 32.1. The van der Waals surface area contributed by atoms with Crippen molar-refractivity contribution in [3.05, 3.63) is 59.2 Å². The molecule has 0 spiro atoms. The van der Waals surface area contributed by atoms with Crippen molar-refractivity contribution in [3.63, 3.8) is 0 Å². The maximum atomic E-state index is 11.2. The van der Waals surface area contributed by atoms with Gasteiger partial charge >= 0.3 is 0 Å². The van der Waals surface area contributed by atoms with E-state index in [1.807, 2.05) is 31.2 Å². The SMILES string of the molecule is Cc1cccc(C(N)=S)c1Nc1cccc(C(N)=O)c1. The van der Waals surface area contributed by atoms with Crippen LogP contribution in [0, 0.1) is 6.92 Å². The lowest BCUT2D eigenvalue weighted by atomic mass is 10.1. The predicted molar refractivity (Wildman–Crippen MR) is 85.3 cm³/mol. The van der Waals surface area contributed by atoms with Crippen LogP contribution in [-0.2, 0) is 0 Å². The van der Waals surface area contributed by atoms with Gasteiger partial charge in [0.25, 0.3) is 0 Å². The molecule has 0 heterocycles. The number of benzene rings is 2. The van der Waals surface area contributed by atoms with Crippen LogP contribution in [0.3, 0.4) is 0 Å². The van der Waals surface area contributed by atoms with Crippen LogP contribution in [0.4, 0.5) is 11.4 Å². The summed E-state index contributed by atoms with van der Waals surface area (Å²) < 4.78 is 0. The third-order valence-electron chi connectivity index (χ3n) is 2.95. The van der Waals surface area contributed by atoms with Crippen molar-refractivity contribution >= 4 is 34.5 Å². The summed E-state index contributed by atoms with van der Waals surface area (Å²) in [6.45, 7) is 1.96. The van der Waals surface area contributed by atoms with Gasteiger partial charge in [0.2, 0.25) is 5.91 Å². The van der Waals surface area contributed by atoms with E-state index in [1.54, 1.807) is 18.2 Å². The molecular formula is C15H15N3OS. The van der Waals surface area contributed by atoms with E-state index in [1.165, 1.54) is 0 Å². The normalized spacial score (nSPS) is 10.1. The van der Waals surface area contributed by atoms with Gasteiger partial charge in [0.05, 0.1) is 5.69 Å². The first kappa shape index (κ1) is 14.0. The highest BCUT2D eigenvalue weighted by Crippen LogP contribution is 2.25. The average Bonchev–Trinajstić information content (AvgIpc) is 2.41. The van der Waals surface area contributed by atoms with Crippen LogP contribution in [-0.4, -0.2) is 10.9 Å². The largest absolute Gasteiger partial charge is 0.389 e. The van der Waals surface area contributed by atoms with Gasteiger partial charge in [-0.05, 0) is 36.8 Å². The molecule has 0 saturated carbocycles. The van der Waals surface area contributed by atoms with E-state index in [0.717, 1.165) is 22.5 Å². The number of thiocarbonyl (C=S) groups is 1. The number of rotatable bonds is 4. The van der Waals surface area contributed by atoms with Gasteiger partial charge in [-0.2, -0.15) is 0 Å². The fourth-order valence-electron chi connectivity index (χ4n) is 1.93. The molecule has 0 fully saturated rings. The van der Waals surface area contributed by atoms with Crippen molar-refractivity contribution < 1.29 is 4.79 Å². The Morgan fingerprint density at radius 1 is 1.15 bits per heavy atom. The molecule has 20 heavy (non-hydrogen) atoms. The Labute approximate surface area is 122 Å². The summed E-state index contributed by atoms with van der Waals surface area (Å²) in [6, 6.07) is 12.7. The van der Waals surface area contributed by atoms with Gasteiger partial charge in [0.15, 0.2) is 0 Å². The van der Waals surface area contributed by atoms with E-state index in [0.29, 0.717) is 10.6 Å². The Morgan fingerprint density at radius 2 is 1.85 bits per heavy atom. The molecule has 2 aromatic carbocycles. The second kappa shape index (κ2) is 5.71. The maximum Gasteiger partial charge on any atom is 0.248 e. The quantitative estimate of drug-likeness (QED) is 0.754. The highest BCUT2D eigenvalue weighted by molar-refractivity contribution is 7.80. The molecule has 2 rings (SSSR count). The molecule has 0 aliphatic rings. The molecule has 0 saturated heterocycles. The third-order valence-corrected chi connectivity index (χ3v) is 3.17. The Balaban J connectivity index is 2.42. The number of aryl methyl sites for hydroxylation is 1. The average molecular weight is 285 g/mol. The number of hydrogen-bond acceptors (Lipinski definition) is 3. The summed E-state index contributed by atoms with van der Waals surface area (Å²) in [4.78, 5) is 11.5. The van der Waals surface area contributed by atoms with E-state index in [-0.39, 0.29) is 0 Å². The summed E-state index contributed by atoms with van der Waals surface area (Å²) in [5, 5.41) is 3.24. The first-order chi connectivity index (χ1) is 9.49. The Hall–Kier alpha value is -2.40. The van der Waals surface area contributed by atoms with E-state index in [4.69, 9.17) is 23.7 Å². The number of carbonyl (C=O) groups excluding carboxylic acids is 1. The minimum atomic E-state index is -0.465. The summed E-state index contributed by atoms with van der Waals surface area (Å²) in [5.74, 6) is -0.465. The lowest BCUT2D eigenvalue weighted by molar-refractivity contribution is 0.100. The molecule has 0 aliphatic carbocycles. The van der Waals surface area contributed by atoms with Crippen LogP contribution in [0.15, 0.2) is 42.5 Å². The number of anilines is 2. The molecule has 5 N–H and O–H groups in total. The zero-order chi connectivity index (χ0) is 14.7. The zero-order valence-electron chi connectivity index (χ0n) is 11.0. The minimum absolute atomic E-state index is 0.322. The van der Waals surface area contributed by atoms with Crippen molar-refractivity contribution in [3.8, 4) is 0 Å². The number of nitrogens with two attached hydrogens (primary N) is 2. The molecule has 0 bridgehead atoms. The van der Waals surface area contributed by atoms with Gasteiger partial charge < -0.3 is 16.8 Å². The molecule has 0 aromatic heterocycles. The Morgan fingerprint density at radius 3 is 2.50 bits per heavy atom. The van der Waals surface area contributed by atoms with Gasteiger partial charge in [-0.1, -0.05) is 30.4 Å². The minimum Gasteiger partial charge on any atom is -0.389 e. The molecule has 0 atom stereocenters. The molecule has 0 radical (unpaired) electrons. The van der Waals surface area contributed by atoms with Crippen LogP contribution >= 0.6 is 12.2 Å². The number of primary amides is 1. The second-order valence-corrected chi connectivity index (χ2v) is 4.87. The third kappa shape index (κ3) is 2.95. The monoisotopic (exact) mass is 285 g/mol. The lowest BCUT2D eigenvalue weighted by Crippen LogP contribution is -2.13. The van der Waals surface area contributed by atoms with Crippen molar-refractivity contribution in [2.24, 2.45) is 11.5 Å². The number of carbonyl (C=O) groups is 1. The topological polar surface area (TPSA) is 81.1 Å². The van der Waals surface area contributed by atoms with Crippen LogP contribution in [0.25, 0.3) is 0 Å². The van der Waals surface area contributed by atoms with Crippen molar-refractivity contribution in [2.45, 2.75) is 6.92 Å². The number of amides is 1. The summed E-state index contributed by atoms with van der Waals surface area (Å²) in [5.41, 5.74) is 14.8. The summed E-state index contributed by atoms with van der Waals surface area (Å²) >= 11 is 5.06. The smallest absolute Gasteiger partial charge is 0.248 e. The van der Waals surface area contributed by atoms with Gasteiger partial charge in [0, 0.05) is 16.8 Å². The fraction of sp³-hybridized carbons (Fsp3) is 0.0667. The van der Waals surface area contributed by atoms with Gasteiger partial charge in [0.1, 0.15) is 4.99 Å². The Kier molecular flexibility index (Phi) is 4.00. The van der Waals surface area contributed by atoms with Gasteiger partial charge in [-0.3, -0.25) is 4.79 Å². The Bertz CT molecular complexity index is 683. The van der Waals surface area contributed by atoms with Crippen LogP contribution in [0.1, 0.15) is 21.5 Å². The van der Waals surface area contributed by atoms with Crippen LogP contribution < -0.4 is 16.8 Å². The molecule has 4 nitrogen and oxygen atoms in total. The first-order valence-corrected chi connectivity index (χ1v) is 6.46. The van der Waals surface area contributed by atoms with E-state index in [2.05, 4.69) is 5.32 Å². The highest BCUT2D eigenvalue weighted by Gasteiger charge is 2.09.